The van der Waals surface area contributed by atoms with Crippen LogP contribution in [0.4, 0.5) is 0 Å². The Morgan fingerprint density at radius 1 is 1.43 bits per heavy atom. The first-order chi connectivity index (χ1) is 6.54. The molecule has 82 valence electrons. The summed E-state index contributed by atoms with van der Waals surface area (Å²) in [5, 5.41) is 2.93. The third-order valence-corrected chi connectivity index (χ3v) is 2.96. The number of rotatable bonds is 4. The van der Waals surface area contributed by atoms with Crippen LogP contribution in [0.25, 0.3) is 0 Å². The molecule has 0 atom stereocenters. The number of nitrogens with two attached hydrogens (primary N) is 1. The van der Waals surface area contributed by atoms with Gasteiger partial charge in [-0.05, 0) is 25.2 Å². The van der Waals surface area contributed by atoms with Crippen LogP contribution < -0.4 is 11.1 Å². The van der Waals surface area contributed by atoms with E-state index in [9.17, 15) is 4.79 Å². The number of hydrogen-bond donors (Lipinski definition) is 2. The molecule has 1 aliphatic carbocycles. The van der Waals surface area contributed by atoms with E-state index in [1.54, 1.807) is 0 Å². The van der Waals surface area contributed by atoms with Gasteiger partial charge in [-0.1, -0.05) is 26.7 Å². The topological polar surface area (TPSA) is 55.1 Å². The summed E-state index contributed by atoms with van der Waals surface area (Å²) in [6, 6.07) is 0. The monoisotopic (exact) mass is 198 g/mol. The van der Waals surface area contributed by atoms with Gasteiger partial charge in [-0.3, -0.25) is 4.79 Å². The highest BCUT2D eigenvalue weighted by Gasteiger charge is 2.36. The SMILES string of the molecule is CC(C)CCNC(=O)C1(N)CCCC1. The van der Waals surface area contributed by atoms with Gasteiger partial charge in [0.15, 0.2) is 0 Å². The zero-order valence-electron chi connectivity index (χ0n) is 9.31. The standard InChI is InChI=1S/C11H22N2O/c1-9(2)5-8-13-10(14)11(12)6-3-4-7-11/h9H,3-8,12H2,1-2H3,(H,13,14). The van der Waals surface area contributed by atoms with Crippen molar-refractivity contribution < 1.29 is 4.79 Å². The largest absolute Gasteiger partial charge is 0.354 e. The molecule has 0 radical (unpaired) electrons. The van der Waals surface area contributed by atoms with Crippen molar-refractivity contribution in [3.05, 3.63) is 0 Å². The second kappa shape index (κ2) is 4.78. The molecule has 0 aromatic carbocycles. The van der Waals surface area contributed by atoms with Crippen LogP contribution in [0.5, 0.6) is 0 Å². The molecule has 0 bridgehead atoms. The molecule has 1 saturated carbocycles. The average Bonchev–Trinajstić information content (AvgIpc) is 2.52. The van der Waals surface area contributed by atoms with E-state index in [-0.39, 0.29) is 5.91 Å². The predicted octanol–water partition coefficient (Wildman–Crippen LogP) is 1.42. The Kier molecular flexibility index (Phi) is 3.93. The van der Waals surface area contributed by atoms with Crippen LogP contribution in [-0.2, 0) is 4.79 Å². The van der Waals surface area contributed by atoms with Crippen LogP contribution in [-0.4, -0.2) is 18.0 Å². The van der Waals surface area contributed by atoms with Gasteiger partial charge in [-0.2, -0.15) is 0 Å². The van der Waals surface area contributed by atoms with Crippen molar-refractivity contribution in [2.24, 2.45) is 11.7 Å². The van der Waals surface area contributed by atoms with E-state index in [0.29, 0.717) is 5.92 Å². The van der Waals surface area contributed by atoms with Gasteiger partial charge >= 0.3 is 0 Å². The van der Waals surface area contributed by atoms with E-state index in [4.69, 9.17) is 5.73 Å². The first-order valence-electron chi connectivity index (χ1n) is 5.62. The maximum atomic E-state index is 11.7. The van der Waals surface area contributed by atoms with Crippen LogP contribution >= 0.6 is 0 Å². The van der Waals surface area contributed by atoms with Crippen molar-refractivity contribution in [3.8, 4) is 0 Å². The third-order valence-electron chi connectivity index (χ3n) is 2.96. The molecular weight excluding hydrogens is 176 g/mol. The summed E-state index contributed by atoms with van der Waals surface area (Å²) in [4.78, 5) is 11.7. The number of hydrogen-bond acceptors (Lipinski definition) is 2. The number of carbonyl (C=O) groups is 1. The lowest BCUT2D eigenvalue weighted by Gasteiger charge is -2.22. The van der Waals surface area contributed by atoms with Gasteiger partial charge in [-0.15, -0.1) is 0 Å². The highest BCUT2D eigenvalue weighted by atomic mass is 16.2. The predicted molar refractivity (Wildman–Crippen MR) is 57.9 cm³/mol. The molecule has 1 rings (SSSR count). The Bertz CT molecular complexity index is 195. The summed E-state index contributed by atoms with van der Waals surface area (Å²) in [5.74, 6) is 0.684. The summed E-state index contributed by atoms with van der Waals surface area (Å²) in [7, 11) is 0. The molecule has 1 amide bonds. The Morgan fingerprint density at radius 3 is 2.50 bits per heavy atom. The first-order valence-corrected chi connectivity index (χ1v) is 5.62. The van der Waals surface area contributed by atoms with Gasteiger partial charge in [0.05, 0.1) is 5.54 Å². The van der Waals surface area contributed by atoms with E-state index >= 15 is 0 Å². The molecule has 0 aromatic heterocycles. The van der Waals surface area contributed by atoms with Gasteiger partial charge < -0.3 is 11.1 Å². The van der Waals surface area contributed by atoms with Crippen molar-refractivity contribution in [1.29, 1.82) is 0 Å². The van der Waals surface area contributed by atoms with E-state index < -0.39 is 5.54 Å². The maximum absolute atomic E-state index is 11.7. The number of nitrogens with one attached hydrogen (secondary N) is 1. The summed E-state index contributed by atoms with van der Waals surface area (Å²) in [6.07, 6.45) is 4.91. The highest BCUT2D eigenvalue weighted by Crippen LogP contribution is 2.27. The number of carbonyl (C=O) groups excluding carboxylic acids is 1. The summed E-state index contributed by atoms with van der Waals surface area (Å²) >= 11 is 0. The van der Waals surface area contributed by atoms with Crippen molar-refractivity contribution in [3.63, 3.8) is 0 Å². The lowest BCUT2D eigenvalue weighted by atomic mass is 9.98. The van der Waals surface area contributed by atoms with Gasteiger partial charge in [0, 0.05) is 6.54 Å². The molecule has 3 heteroatoms. The molecule has 0 aliphatic heterocycles. The van der Waals surface area contributed by atoms with Crippen molar-refractivity contribution in [2.45, 2.75) is 51.5 Å². The van der Waals surface area contributed by atoms with Gasteiger partial charge in [-0.25, -0.2) is 0 Å². The second-order valence-electron chi connectivity index (χ2n) is 4.80. The van der Waals surface area contributed by atoms with Crippen LogP contribution in [0, 0.1) is 5.92 Å². The molecule has 0 saturated heterocycles. The lowest BCUT2D eigenvalue weighted by molar-refractivity contribution is -0.126. The van der Waals surface area contributed by atoms with E-state index in [1.165, 1.54) is 0 Å². The van der Waals surface area contributed by atoms with Crippen LogP contribution in [0.2, 0.25) is 0 Å². The fraction of sp³-hybridized carbons (Fsp3) is 0.909. The molecule has 0 heterocycles. The van der Waals surface area contributed by atoms with E-state index in [0.717, 1.165) is 38.6 Å². The lowest BCUT2D eigenvalue weighted by Crippen LogP contribution is -2.52. The first kappa shape index (κ1) is 11.5. The minimum Gasteiger partial charge on any atom is -0.354 e. The van der Waals surface area contributed by atoms with Gasteiger partial charge in [0.2, 0.25) is 5.91 Å². The molecule has 14 heavy (non-hydrogen) atoms. The maximum Gasteiger partial charge on any atom is 0.240 e. The third kappa shape index (κ3) is 2.98. The molecule has 1 aliphatic rings. The summed E-state index contributed by atoms with van der Waals surface area (Å²) < 4.78 is 0. The molecule has 3 N–H and O–H groups in total. The summed E-state index contributed by atoms with van der Waals surface area (Å²) in [6.45, 7) is 5.06. The Labute approximate surface area is 86.4 Å². The van der Waals surface area contributed by atoms with Crippen LogP contribution in [0.3, 0.4) is 0 Å². The Hall–Kier alpha value is -0.570. The Morgan fingerprint density at radius 2 is 2.00 bits per heavy atom. The van der Waals surface area contributed by atoms with Crippen LogP contribution in [0.1, 0.15) is 46.0 Å². The van der Waals surface area contributed by atoms with Gasteiger partial charge in [0.25, 0.3) is 0 Å². The fourth-order valence-electron chi connectivity index (χ4n) is 1.88. The normalized spacial score (nSPS) is 20.0. The molecule has 0 spiro atoms. The van der Waals surface area contributed by atoms with Crippen LogP contribution in [0.15, 0.2) is 0 Å². The molecule has 1 fully saturated rings. The van der Waals surface area contributed by atoms with Crippen molar-refractivity contribution in [1.82, 2.24) is 5.32 Å². The van der Waals surface area contributed by atoms with Gasteiger partial charge in [0.1, 0.15) is 0 Å². The summed E-state index contributed by atoms with van der Waals surface area (Å²) in [5.41, 5.74) is 5.45. The van der Waals surface area contributed by atoms with E-state index in [2.05, 4.69) is 19.2 Å². The molecule has 3 nitrogen and oxygen atoms in total. The highest BCUT2D eigenvalue weighted by molar-refractivity contribution is 5.86. The molecular formula is C11H22N2O. The Balaban J connectivity index is 2.27. The van der Waals surface area contributed by atoms with Crippen molar-refractivity contribution >= 4 is 5.91 Å². The molecule has 0 aromatic rings. The zero-order chi connectivity index (χ0) is 10.6. The quantitative estimate of drug-likeness (QED) is 0.718. The smallest absolute Gasteiger partial charge is 0.240 e. The molecule has 0 unspecified atom stereocenters. The fourth-order valence-corrected chi connectivity index (χ4v) is 1.88. The number of amides is 1. The van der Waals surface area contributed by atoms with Crippen molar-refractivity contribution in [2.75, 3.05) is 6.54 Å². The minimum atomic E-state index is -0.559. The zero-order valence-corrected chi connectivity index (χ0v) is 9.31. The second-order valence-corrected chi connectivity index (χ2v) is 4.80. The minimum absolute atomic E-state index is 0.0515. The van der Waals surface area contributed by atoms with E-state index in [1.807, 2.05) is 0 Å². The average molecular weight is 198 g/mol.